The van der Waals surface area contributed by atoms with Crippen LogP contribution in [0.4, 0.5) is 0 Å². The van der Waals surface area contributed by atoms with Gasteiger partial charge in [-0.3, -0.25) is 9.59 Å². The summed E-state index contributed by atoms with van der Waals surface area (Å²) in [5.74, 6) is 4.82. The van der Waals surface area contributed by atoms with E-state index in [1.54, 1.807) is 11.8 Å². The van der Waals surface area contributed by atoms with E-state index in [-0.39, 0.29) is 11.9 Å². The Hall–Kier alpha value is -1.99. The van der Waals surface area contributed by atoms with Crippen molar-refractivity contribution in [3.63, 3.8) is 0 Å². The number of nitrogens with zero attached hydrogens (tertiary/aromatic N) is 1. The van der Waals surface area contributed by atoms with Crippen molar-refractivity contribution in [1.29, 1.82) is 0 Å². The Balaban J connectivity index is 2.16. The van der Waals surface area contributed by atoms with Crippen molar-refractivity contribution in [2.45, 2.75) is 33.1 Å². The monoisotopic (exact) mass is 347 g/mol. The summed E-state index contributed by atoms with van der Waals surface area (Å²) in [5.41, 5.74) is 0.445. The first-order valence-electron chi connectivity index (χ1n) is 8.14. The lowest BCUT2D eigenvalue weighted by Gasteiger charge is -2.39. The fourth-order valence-corrected chi connectivity index (χ4v) is 3.18. The van der Waals surface area contributed by atoms with Crippen LogP contribution in [0.15, 0.2) is 24.3 Å². The summed E-state index contributed by atoms with van der Waals surface area (Å²) in [6, 6.07) is 7.52. The molecule has 0 atom stereocenters. The van der Waals surface area contributed by atoms with Crippen molar-refractivity contribution in [2.24, 2.45) is 5.41 Å². The molecule has 128 valence electrons. The molecular formula is C19H22ClNO3. The second-order valence-corrected chi connectivity index (χ2v) is 6.41. The second-order valence-electron chi connectivity index (χ2n) is 5.97. The van der Waals surface area contributed by atoms with E-state index in [2.05, 4.69) is 11.8 Å². The average molecular weight is 348 g/mol. The molecule has 2 rings (SSSR count). The molecule has 1 aliphatic rings. The van der Waals surface area contributed by atoms with Crippen LogP contribution in [0.1, 0.15) is 32.3 Å². The summed E-state index contributed by atoms with van der Waals surface area (Å²) in [6.07, 6.45) is 1.74. The van der Waals surface area contributed by atoms with E-state index in [4.69, 9.17) is 16.3 Å². The summed E-state index contributed by atoms with van der Waals surface area (Å²) in [6.45, 7) is 4.83. The van der Waals surface area contributed by atoms with E-state index in [0.717, 1.165) is 5.56 Å². The van der Waals surface area contributed by atoms with E-state index in [9.17, 15) is 9.59 Å². The van der Waals surface area contributed by atoms with Crippen LogP contribution in [0.2, 0.25) is 5.02 Å². The van der Waals surface area contributed by atoms with Gasteiger partial charge in [0.25, 0.3) is 5.91 Å². The van der Waals surface area contributed by atoms with Gasteiger partial charge in [-0.25, -0.2) is 0 Å². The lowest BCUT2D eigenvalue weighted by molar-refractivity contribution is -0.159. The molecule has 0 spiro atoms. The van der Waals surface area contributed by atoms with Gasteiger partial charge in [0.05, 0.1) is 12.0 Å². The molecule has 1 amide bonds. The van der Waals surface area contributed by atoms with Gasteiger partial charge in [0.15, 0.2) is 0 Å². The fraction of sp³-hybridized carbons (Fsp3) is 0.474. The largest absolute Gasteiger partial charge is 0.466 e. The highest BCUT2D eigenvalue weighted by Crippen LogP contribution is 2.37. The normalized spacial score (nSPS) is 16.0. The van der Waals surface area contributed by atoms with Crippen molar-refractivity contribution in [1.82, 2.24) is 4.90 Å². The van der Waals surface area contributed by atoms with Crippen LogP contribution in [0, 0.1) is 17.3 Å². The summed E-state index contributed by atoms with van der Waals surface area (Å²) in [4.78, 5) is 26.2. The first kappa shape index (κ1) is 18.4. The third kappa shape index (κ3) is 4.30. The maximum Gasteiger partial charge on any atom is 0.312 e. The predicted octanol–water partition coefficient (Wildman–Crippen LogP) is 3.08. The number of piperidine rings is 1. The zero-order valence-corrected chi connectivity index (χ0v) is 14.9. The number of halogens is 1. The molecule has 0 bridgehead atoms. The van der Waals surface area contributed by atoms with Crippen LogP contribution in [0.25, 0.3) is 0 Å². The van der Waals surface area contributed by atoms with Crippen molar-refractivity contribution < 1.29 is 14.3 Å². The summed E-state index contributed by atoms with van der Waals surface area (Å²) < 4.78 is 5.33. The standard InChI is InChI=1S/C19H22ClNO3/c1-3-5-17(22)21-12-10-19(11-13-21,18(23)24-4-2)14-15-6-8-16(20)9-7-15/h6-9H,4,10-14H2,1-2H3. The molecule has 1 aliphatic heterocycles. The Morgan fingerprint density at radius 3 is 2.42 bits per heavy atom. The number of rotatable bonds is 4. The number of likely N-dealkylation sites (tertiary alicyclic amines) is 1. The van der Waals surface area contributed by atoms with Gasteiger partial charge in [-0.1, -0.05) is 29.7 Å². The number of ether oxygens (including phenoxy) is 1. The minimum Gasteiger partial charge on any atom is -0.466 e. The second kappa shape index (κ2) is 8.21. The Morgan fingerprint density at radius 2 is 1.88 bits per heavy atom. The Kier molecular flexibility index (Phi) is 6.28. The zero-order chi connectivity index (χ0) is 17.6. The van der Waals surface area contributed by atoms with Gasteiger partial charge in [-0.2, -0.15) is 0 Å². The minimum atomic E-state index is -0.597. The Morgan fingerprint density at radius 1 is 1.25 bits per heavy atom. The number of hydrogen-bond donors (Lipinski definition) is 0. The number of amides is 1. The molecule has 5 heteroatoms. The highest BCUT2D eigenvalue weighted by atomic mass is 35.5. The predicted molar refractivity (Wildman–Crippen MR) is 93.5 cm³/mol. The Labute approximate surface area is 148 Å². The maximum absolute atomic E-state index is 12.6. The SMILES string of the molecule is CC#CC(=O)N1CCC(Cc2ccc(Cl)cc2)(C(=O)OCC)CC1. The molecular weight excluding hydrogens is 326 g/mol. The molecule has 1 fully saturated rings. The first-order chi connectivity index (χ1) is 11.5. The fourth-order valence-electron chi connectivity index (χ4n) is 3.05. The summed E-state index contributed by atoms with van der Waals surface area (Å²) >= 11 is 5.94. The first-order valence-corrected chi connectivity index (χ1v) is 8.52. The van der Waals surface area contributed by atoms with E-state index in [0.29, 0.717) is 44.0 Å². The Bertz CT molecular complexity index is 649. The molecule has 1 aromatic rings. The van der Waals surface area contributed by atoms with E-state index in [1.165, 1.54) is 0 Å². The van der Waals surface area contributed by atoms with Gasteiger partial charge >= 0.3 is 5.97 Å². The lowest BCUT2D eigenvalue weighted by Crippen LogP contribution is -2.48. The third-order valence-electron chi connectivity index (χ3n) is 4.40. The number of benzene rings is 1. The zero-order valence-electron chi connectivity index (χ0n) is 14.1. The molecule has 0 unspecified atom stereocenters. The van der Waals surface area contributed by atoms with Crippen LogP contribution >= 0.6 is 11.6 Å². The lowest BCUT2D eigenvalue weighted by atomic mass is 9.73. The molecule has 0 aromatic heterocycles. The number of carbonyl (C=O) groups is 2. The quantitative estimate of drug-likeness (QED) is 0.621. The van der Waals surface area contributed by atoms with Gasteiger partial charge < -0.3 is 9.64 Å². The van der Waals surface area contributed by atoms with Crippen LogP contribution < -0.4 is 0 Å². The topological polar surface area (TPSA) is 46.6 Å². The highest BCUT2D eigenvalue weighted by Gasteiger charge is 2.43. The molecule has 1 heterocycles. The van der Waals surface area contributed by atoms with Crippen molar-refractivity contribution in [3.8, 4) is 11.8 Å². The van der Waals surface area contributed by atoms with Crippen molar-refractivity contribution >= 4 is 23.5 Å². The molecule has 1 aromatic carbocycles. The van der Waals surface area contributed by atoms with Crippen LogP contribution in [-0.2, 0) is 20.7 Å². The molecule has 1 saturated heterocycles. The van der Waals surface area contributed by atoms with Gasteiger partial charge in [-0.15, -0.1) is 0 Å². The van der Waals surface area contributed by atoms with Crippen LogP contribution in [0.5, 0.6) is 0 Å². The molecule has 24 heavy (non-hydrogen) atoms. The summed E-state index contributed by atoms with van der Waals surface area (Å²) in [5, 5.41) is 0.669. The van der Waals surface area contributed by atoms with Gasteiger partial charge in [0.1, 0.15) is 0 Å². The molecule has 0 saturated carbocycles. The molecule has 0 aliphatic carbocycles. The van der Waals surface area contributed by atoms with E-state index < -0.39 is 5.41 Å². The maximum atomic E-state index is 12.6. The van der Waals surface area contributed by atoms with Crippen LogP contribution in [-0.4, -0.2) is 36.5 Å². The summed E-state index contributed by atoms with van der Waals surface area (Å²) in [7, 11) is 0. The molecule has 0 radical (unpaired) electrons. The van der Waals surface area contributed by atoms with Crippen LogP contribution in [0.3, 0.4) is 0 Å². The van der Waals surface area contributed by atoms with E-state index >= 15 is 0 Å². The smallest absolute Gasteiger partial charge is 0.312 e. The number of hydrogen-bond acceptors (Lipinski definition) is 3. The average Bonchev–Trinajstić information content (AvgIpc) is 2.58. The van der Waals surface area contributed by atoms with Crippen molar-refractivity contribution in [3.05, 3.63) is 34.9 Å². The number of carbonyl (C=O) groups excluding carboxylic acids is 2. The minimum absolute atomic E-state index is 0.179. The van der Waals surface area contributed by atoms with Gasteiger partial charge in [0.2, 0.25) is 0 Å². The molecule has 0 N–H and O–H groups in total. The van der Waals surface area contributed by atoms with Gasteiger partial charge in [-0.05, 0) is 56.7 Å². The number of esters is 1. The van der Waals surface area contributed by atoms with E-state index in [1.807, 2.05) is 31.2 Å². The highest BCUT2D eigenvalue weighted by molar-refractivity contribution is 6.30. The molecule has 4 nitrogen and oxygen atoms in total. The van der Waals surface area contributed by atoms with Gasteiger partial charge in [0, 0.05) is 18.1 Å². The van der Waals surface area contributed by atoms with Crippen molar-refractivity contribution in [2.75, 3.05) is 19.7 Å². The third-order valence-corrected chi connectivity index (χ3v) is 4.66.